The monoisotopic (exact) mass is 293 g/mol. The van der Waals surface area contributed by atoms with Gasteiger partial charge in [-0.05, 0) is 31.2 Å². The van der Waals surface area contributed by atoms with Crippen molar-refractivity contribution in [3.63, 3.8) is 0 Å². The van der Waals surface area contributed by atoms with Crippen LogP contribution in [0.3, 0.4) is 0 Å². The van der Waals surface area contributed by atoms with Crippen molar-refractivity contribution < 1.29 is 23.4 Å². The van der Waals surface area contributed by atoms with Gasteiger partial charge in [-0.1, -0.05) is 11.6 Å². The van der Waals surface area contributed by atoms with Crippen LogP contribution in [-0.2, 0) is 4.79 Å². The molecule has 0 aromatic heterocycles. The van der Waals surface area contributed by atoms with E-state index in [0.717, 1.165) is 0 Å². The van der Waals surface area contributed by atoms with Gasteiger partial charge < -0.3 is 15.2 Å². The predicted molar refractivity (Wildman–Crippen MR) is 66.6 cm³/mol. The van der Waals surface area contributed by atoms with Crippen LogP contribution in [0, 0.1) is 0 Å². The number of aliphatic hydroxyl groups is 1. The summed E-state index contributed by atoms with van der Waals surface area (Å²) in [5, 5.41) is 11.6. The molecular formula is C12H14ClF2NO3. The summed E-state index contributed by atoms with van der Waals surface area (Å²) in [6.07, 6.45) is -5.65. The van der Waals surface area contributed by atoms with Crippen LogP contribution in [0.1, 0.15) is 6.92 Å². The molecule has 1 aromatic carbocycles. The van der Waals surface area contributed by atoms with E-state index >= 15 is 0 Å². The molecule has 0 fully saturated rings. The van der Waals surface area contributed by atoms with Crippen LogP contribution >= 0.6 is 11.6 Å². The van der Waals surface area contributed by atoms with Crippen molar-refractivity contribution in [2.24, 2.45) is 0 Å². The minimum atomic E-state index is -2.90. The van der Waals surface area contributed by atoms with Crippen LogP contribution in [0.15, 0.2) is 24.3 Å². The lowest BCUT2D eigenvalue weighted by molar-refractivity contribution is -0.128. The first-order valence-corrected chi connectivity index (χ1v) is 5.94. The number of nitrogens with one attached hydrogen (secondary N) is 1. The molecule has 4 nitrogen and oxygen atoms in total. The number of rotatable bonds is 6. The minimum Gasteiger partial charge on any atom is -0.481 e. The number of amides is 1. The third kappa shape index (κ3) is 5.40. The zero-order chi connectivity index (χ0) is 14.4. The molecule has 0 spiro atoms. The smallest absolute Gasteiger partial charge is 0.265 e. The lowest BCUT2D eigenvalue weighted by Crippen LogP contribution is -2.42. The zero-order valence-corrected chi connectivity index (χ0v) is 10.9. The second-order valence-electron chi connectivity index (χ2n) is 3.86. The molecule has 0 radical (unpaired) electrons. The Morgan fingerprint density at radius 1 is 1.42 bits per heavy atom. The quantitative estimate of drug-likeness (QED) is 0.841. The van der Waals surface area contributed by atoms with Crippen LogP contribution in [-0.4, -0.2) is 36.2 Å². The molecule has 1 amide bonds. The molecule has 0 aliphatic carbocycles. The number of carbonyl (C=O) groups excluding carboxylic acids is 1. The van der Waals surface area contributed by atoms with Gasteiger partial charge >= 0.3 is 0 Å². The fraction of sp³-hybridized carbons (Fsp3) is 0.417. The SMILES string of the molecule is CC(Oc1ccc(Cl)cc1)C(=O)NCC(O)C(F)F. The van der Waals surface area contributed by atoms with E-state index in [1.165, 1.54) is 6.92 Å². The van der Waals surface area contributed by atoms with E-state index in [-0.39, 0.29) is 0 Å². The molecule has 2 atom stereocenters. The van der Waals surface area contributed by atoms with Crippen LogP contribution in [0.5, 0.6) is 5.75 Å². The number of hydrogen-bond acceptors (Lipinski definition) is 3. The standard InChI is InChI=1S/C12H14ClF2NO3/c1-7(12(18)16-6-10(17)11(14)15)19-9-4-2-8(13)3-5-9/h2-5,7,10-11,17H,6H2,1H3,(H,16,18). The Hall–Kier alpha value is -1.40. The summed E-state index contributed by atoms with van der Waals surface area (Å²) in [4.78, 5) is 11.5. The van der Waals surface area contributed by atoms with Gasteiger partial charge in [0.1, 0.15) is 11.9 Å². The Bertz CT molecular complexity index is 414. The highest BCUT2D eigenvalue weighted by molar-refractivity contribution is 6.30. The van der Waals surface area contributed by atoms with Crippen molar-refractivity contribution in [1.82, 2.24) is 5.32 Å². The molecule has 7 heteroatoms. The third-order valence-corrected chi connectivity index (χ3v) is 2.52. The second-order valence-corrected chi connectivity index (χ2v) is 4.30. The first-order chi connectivity index (χ1) is 8.90. The number of halogens is 3. The highest BCUT2D eigenvalue weighted by Gasteiger charge is 2.20. The molecular weight excluding hydrogens is 280 g/mol. The summed E-state index contributed by atoms with van der Waals surface area (Å²) in [6, 6.07) is 6.37. The van der Waals surface area contributed by atoms with Crippen molar-refractivity contribution in [1.29, 1.82) is 0 Å². The maximum absolute atomic E-state index is 12.0. The van der Waals surface area contributed by atoms with Gasteiger partial charge in [-0.25, -0.2) is 8.78 Å². The molecule has 1 aromatic rings. The van der Waals surface area contributed by atoms with Crippen LogP contribution in [0.2, 0.25) is 5.02 Å². The third-order valence-electron chi connectivity index (χ3n) is 2.27. The minimum absolute atomic E-state index is 0.432. The maximum Gasteiger partial charge on any atom is 0.265 e. The van der Waals surface area contributed by atoms with E-state index in [0.29, 0.717) is 10.8 Å². The average molecular weight is 294 g/mol. The van der Waals surface area contributed by atoms with E-state index in [2.05, 4.69) is 5.32 Å². The first kappa shape index (κ1) is 15.7. The Morgan fingerprint density at radius 3 is 2.53 bits per heavy atom. The van der Waals surface area contributed by atoms with Crippen LogP contribution < -0.4 is 10.1 Å². The molecule has 19 heavy (non-hydrogen) atoms. The molecule has 106 valence electrons. The highest BCUT2D eigenvalue weighted by Crippen LogP contribution is 2.16. The molecule has 0 saturated carbocycles. The summed E-state index contributed by atoms with van der Waals surface area (Å²) in [6.45, 7) is 0.948. The van der Waals surface area contributed by atoms with Crippen molar-refractivity contribution in [3.8, 4) is 5.75 Å². The Morgan fingerprint density at radius 2 is 2.00 bits per heavy atom. The van der Waals surface area contributed by atoms with Gasteiger partial charge in [0, 0.05) is 11.6 Å². The second kappa shape index (κ2) is 7.25. The molecule has 0 saturated heterocycles. The van der Waals surface area contributed by atoms with Gasteiger partial charge in [0.05, 0.1) is 0 Å². The van der Waals surface area contributed by atoms with Crippen molar-refractivity contribution in [2.45, 2.75) is 25.6 Å². The number of aliphatic hydroxyl groups excluding tert-OH is 1. The van der Waals surface area contributed by atoms with Gasteiger partial charge in [-0.15, -0.1) is 0 Å². The lowest BCUT2D eigenvalue weighted by atomic mass is 10.3. The van der Waals surface area contributed by atoms with E-state index < -0.39 is 31.1 Å². The molecule has 1 rings (SSSR count). The van der Waals surface area contributed by atoms with Crippen LogP contribution in [0.25, 0.3) is 0 Å². The van der Waals surface area contributed by atoms with Crippen molar-refractivity contribution in [2.75, 3.05) is 6.54 Å². The fourth-order valence-corrected chi connectivity index (χ4v) is 1.33. The number of ether oxygens (including phenoxy) is 1. The summed E-state index contributed by atoms with van der Waals surface area (Å²) in [5.74, 6) is -0.156. The number of carbonyl (C=O) groups is 1. The molecule has 0 heterocycles. The van der Waals surface area contributed by atoms with E-state index in [4.69, 9.17) is 21.4 Å². The number of hydrogen-bond donors (Lipinski definition) is 2. The fourth-order valence-electron chi connectivity index (χ4n) is 1.21. The van der Waals surface area contributed by atoms with E-state index in [1.807, 2.05) is 0 Å². The van der Waals surface area contributed by atoms with Crippen LogP contribution in [0.4, 0.5) is 8.78 Å². The average Bonchev–Trinajstić information content (AvgIpc) is 2.37. The first-order valence-electron chi connectivity index (χ1n) is 5.56. The van der Waals surface area contributed by atoms with Gasteiger partial charge in [0.25, 0.3) is 12.3 Å². The molecule has 2 N–H and O–H groups in total. The topological polar surface area (TPSA) is 58.6 Å². The summed E-state index contributed by atoms with van der Waals surface area (Å²) < 4.78 is 29.3. The summed E-state index contributed by atoms with van der Waals surface area (Å²) in [7, 11) is 0. The number of benzene rings is 1. The number of alkyl halides is 2. The molecule has 2 unspecified atom stereocenters. The van der Waals surface area contributed by atoms with Gasteiger partial charge in [-0.2, -0.15) is 0 Å². The normalized spacial score (nSPS) is 14.0. The molecule has 0 aliphatic heterocycles. The van der Waals surface area contributed by atoms with E-state index in [9.17, 15) is 13.6 Å². The predicted octanol–water partition coefficient (Wildman–Crippen LogP) is 1.85. The molecule has 0 aliphatic rings. The summed E-state index contributed by atoms with van der Waals surface area (Å²) >= 11 is 5.69. The van der Waals surface area contributed by atoms with Crippen molar-refractivity contribution >= 4 is 17.5 Å². The Labute approximate surface area is 114 Å². The van der Waals surface area contributed by atoms with E-state index in [1.54, 1.807) is 24.3 Å². The Kier molecular flexibility index (Phi) is 5.98. The largest absolute Gasteiger partial charge is 0.481 e. The van der Waals surface area contributed by atoms with Gasteiger partial charge in [0.2, 0.25) is 0 Å². The zero-order valence-electron chi connectivity index (χ0n) is 10.1. The molecule has 0 bridgehead atoms. The Balaban J connectivity index is 2.42. The lowest BCUT2D eigenvalue weighted by Gasteiger charge is -2.16. The maximum atomic E-state index is 12.0. The van der Waals surface area contributed by atoms with Gasteiger partial charge in [0.15, 0.2) is 6.10 Å². The van der Waals surface area contributed by atoms with Crippen molar-refractivity contribution in [3.05, 3.63) is 29.3 Å². The summed E-state index contributed by atoms with van der Waals surface area (Å²) in [5.41, 5.74) is 0. The highest BCUT2D eigenvalue weighted by atomic mass is 35.5. The van der Waals surface area contributed by atoms with Gasteiger partial charge in [-0.3, -0.25) is 4.79 Å².